The average molecular weight is 256 g/mol. The monoisotopic (exact) mass is 256 g/mol. The van der Waals surface area contributed by atoms with E-state index in [-0.39, 0.29) is 0 Å². The zero-order valence-electron chi connectivity index (χ0n) is 12.3. The molecule has 0 aromatic carbocycles. The predicted octanol–water partition coefficient (Wildman–Crippen LogP) is 1.90. The molecule has 4 nitrogen and oxygen atoms in total. The SMILES string of the molecule is CCCC(C)(CN1CCN(C(C)C)CC1)C(=O)O. The predicted molar refractivity (Wildman–Crippen MR) is 73.8 cm³/mol. The van der Waals surface area contributed by atoms with E-state index in [2.05, 4.69) is 30.6 Å². The maximum absolute atomic E-state index is 11.4. The fraction of sp³-hybridized carbons (Fsp3) is 0.929. The molecule has 1 saturated heterocycles. The summed E-state index contributed by atoms with van der Waals surface area (Å²) in [6.45, 7) is 13.1. The van der Waals surface area contributed by atoms with E-state index in [1.165, 1.54) is 0 Å². The highest BCUT2D eigenvalue weighted by Crippen LogP contribution is 2.25. The number of carbonyl (C=O) groups is 1. The van der Waals surface area contributed by atoms with Gasteiger partial charge in [-0.25, -0.2) is 0 Å². The average Bonchev–Trinajstić information content (AvgIpc) is 2.29. The maximum Gasteiger partial charge on any atom is 0.310 e. The highest BCUT2D eigenvalue weighted by Gasteiger charge is 2.35. The van der Waals surface area contributed by atoms with Crippen LogP contribution in [0.3, 0.4) is 0 Å². The van der Waals surface area contributed by atoms with Crippen LogP contribution in [0.2, 0.25) is 0 Å². The second-order valence-electron chi connectivity index (χ2n) is 6.02. The fourth-order valence-electron chi connectivity index (χ4n) is 2.74. The first-order chi connectivity index (χ1) is 8.39. The molecule has 1 heterocycles. The first-order valence-electron chi connectivity index (χ1n) is 7.09. The summed E-state index contributed by atoms with van der Waals surface area (Å²) < 4.78 is 0. The third kappa shape index (κ3) is 3.95. The van der Waals surface area contributed by atoms with E-state index in [4.69, 9.17) is 0 Å². The van der Waals surface area contributed by atoms with Crippen molar-refractivity contribution in [3.8, 4) is 0 Å². The number of carboxylic acid groups (broad SMARTS) is 1. The summed E-state index contributed by atoms with van der Waals surface area (Å²) in [6.07, 6.45) is 1.68. The van der Waals surface area contributed by atoms with Crippen LogP contribution < -0.4 is 0 Å². The fourth-order valence-corrected chi connectivity index (χ4v) is 2.74. The number of rotatable bonds is 6. The van der Waals surface area contributed by atoms with Crippen LogP contribution in [0.5, 0.6) is 0 Å². The van der Waals surface area contributed by atoms with Crippen molar-refractivity contribution in [2.24, 2.45) is 5.41 Å². The molecule has 18 heavy (non-hydrogen) atoms. The molecule has 0 aromatic rings. The molecular weight excluding hydrogens is 228 g/mol. The Morgan fingerprint density at radius 1 is 1.28 bits per heavy atom. The lowest BCUT2D eigenvalue weighted by molar-refractivity contribution is -0.150. The highest BCUT2D eigenvalue weighted by molar-refractivity contribution is 5.74. The molecule has 0 spiro atoms. The normalized spacial score (nSPS) is 22.1. The number of aliphatic carboxylic acids is 1. The Bertz CT molecular complexity index is 273. The Kier molecular flexibility index (Phi) is 5.60. The molecule has 0 amide bonds. The van der Waals surface area contributed by atoms with E-state index in [0.29, 0.717) is 12.6 Å². The maximum atomic E-state index is 11.4. The zero-order valence-corrected chi connectivity index (χ0v) is 12.3. The van der Waals surface area contributed by atoms with Gasteiger partial charge in [-0.1, -0.05) is 13.3 Å². The number of piperazine rings is 1. The minimum absolute atomic E-state index is 0.589. The van der Waals surface area contributed by atoms with Crippen LogP contribution in [-0.4, -0.2) is 59.6 Å². The first-order valence-corrected chi connectivity index (χ1v) is 7.09. The summed E-state index contributed by atoms with van der Waals surface area (Å²) >= 11 is 0. The molecule has 1 unspecified atom stereocenters. The van der Waals surface area contributed by atoms with E-state index in [0.717, 1.165) is 39.0 Å². The number of hydrogen-bond acceptors (Lipinski definition) is 3. The Balaban J connectivity index is 2.50. The number of carboxylic acids is 1. The van der Waals surface area contributed by atoms with E-state index in [1.807, 2.05) is 6.92 Å². The quantitative estimate of drug-likeness (QED) is 0.788. The molecule has 4 heteroatoms. The minimum atomic E-state index is -0.657. The third-order valence-electron chi connectivity index (χ3n) is 4.03. The molecule has 0 aromatic heterocycles. The van der Waals surface area contributed by atoms with Crippen molar-refractivity contribution in [3.63, 3.8) is 0 Å². The van der Waals surface area contributed by atoms with Crippen LogP contribution in [-0.2, 0) is 4.79 Å². The van der Waals surface area contributed by atoms with Crippen molar-refractivity contribution in [1.82, 2.24) is 9.80 Å². The van der Waals surface area contributed by atoms with E-state index in [1.54, 1.807) is 0 Å². The highest BCUT2D eigenvalue weighted by atomic mass is 16.4. The van der Waals surface area contributed by atoms with Crippen LogP contribution >= 0.6 is 0 Å². The lowest BCUT2D eigenvalue weighted by Crippen LogP contribution is -2.52. The largest absolute Gasteiger partial charge is 0.481 e. The van der Waals surface area contributed by atoms with Crippen LogP contribution in [0.15, 0.2) is 0 Å². The summed E-state index contributed by atoms with van der Waals surface area (Å²) in [5, 5.41) is 9.40. The summed E-state index contributed by atoms with van der Waals surface area (Å²) in [4.78, 5) is 16.2. The second-order valence-corrected chi connectivity index (χ2v) is 6.02. The van der Waals surface area contributed by atoms with Crippen LogP contribution in [0.25, 0.3) is 0 Å². The summed E-state index contributed by atoms with van der Waals surface area (Å²) in [5.74, 6) is -0.657. The summed E-state index contributed by atoms with van der Waals surface area (Å²) in [6, 6.07) is 0.591. The molecule has 0 radical (unpaired) electrons. The summed E-state index contributed by atoms with van der Waals surface area (Å²) in [5.41, 5.74) is -0.589. The van der Waals surface area contributed by atoms with Crippen LogP contribution in [0, 0.1) is 5.41 Å². The molecule has 0 aliphatic carbocycles. The van der Waals surface area contributed by atoms with Crippen LogP contribution in [0.4, 0.5) is 0 Å². The zero-order chi connectivity index (χ0) is 13.8. The van der Waals surface area contributed by atoms with E-state index in [9.17, 15) is 9.90 Å². The van der Waals surface area contributed by atoms with Gasteiger partial charge in [-0.05, 0) is 27.2 Å². The number of hydrogen-bond donors (Lipinski definition) is 1. The van der Waals surface area contributed by atoms with Crippen molar-refractivity contribution < 1.29 is 9.90 Å². The molecule has 1 aliphatic rings. The van der Waals surface area contributed by atoms with Crippen LogP contribution in [0.1, 0.15) is 40.5 Å². The van der Waals surface area contributed by atoms with Crippen molar-refractivity contribution in [2.45, 2.75) is 46.6 Å². The molecule has 106 valence electrons. The lowest BCUT2D eigenvalue weighted by atomic mass is 9.85. The summed E-state index contributed by atoms with van der Waals surface area (Å²) in [7, 11) is 0. The molecule has 1 N–H and O–H groups in total. The first kappa shape index (κ1) is 15.4. The lowest BCUT2D eigenvalue weighted by Gasteiger charge is -2.40. The van der Waals surface area contributed by atoms with E-state index < -0.39 is 11.4 Å². The van der Waals surface area contributed by atoms with Gasteiger partial charge in [-0.3, -0.25) is 14.6 Å². The van der Waals surface area contributed by atoms with Crippen molar-refractivity contribution >= 4 is 5.97 Å². The Morgan fingerprint density at radius 2 is 1.83 bits per heavy atom. The molecule has 0 saturated carbocycles. The van der Waals surface area contributed by atoms with E-state index >= 15 is 0 Å². The Hall–Kier alpha value is -0.610. The topological polar surface area (TPSA) is 43.8 Å². The van der Waals surface area contributed by atoms with Crippen molar-refractivity contribution in [2.75, 3.05) is 32.7 Å². The van der Waals surface area contributed by atoms with Gasteiger partial charge in [0.2, 0.25) is 0 Å². The third-order valence-corrected chi connectivity index (χ3v) is 4.03. The van der Waals surface area contributed by atoms with Gasteiger partial charge in [0.15, 0.2) is 0 Å². The van der Waals surface area contributed by atoms with Crippen molar-refractivity contribution in [3.05, 3.63) is 0 Å². The molecule has 0 bridgehead atoms. The van der Waals surface area contributed by atoms with Crippen molar-refractivity contribution in [1.29, 1.82) is 0 Å². The Labute approximate surface area is 111 Å². The van der Waals surface area contributed by atoms with Gasteiger partial charge >= 0.3 is 5.97 Å². The molecule has 1 rings (SSSR count). The second kappa shape index (κ2) is 6.53. The van der Waals surface area contributed by atoms with Gasteiger partial charge in [-0.2, -0.15) is 0 Å². The standard InChI is InChI=1S/C14H28N2O2/c1-5-6-14(4,13(17)18)11-15-7-9-16(10-8-15)12(2)3/h12H,5-11H2,1-4H3,(H,17,18). The van der Waals surface area contributed by atoms with Gasteiger partial charge < -0.3 is 5.11 Å². The minimum Gasteiger partial charge on any atom is -0.481 e. The van der Waals surface area contributed by atoms with Gasteiger partial charge in [0.1, 0.15) is 0 Å². The van der Waals surface area contributed by atoms with Gasteiger partial charge in [0.25, 0.3) is 0 Å². The Morgan fingerprint density at radius 3 is 2.22 bits per heavy atom. The smallest absolute Gasteiger partial charge is 0.310 e. The number of nitrogens with zero attached hydrogens (tertiary/aromatic N) is 2. The molecular formula is C14H28N2O2. The van der Waals surface area contributed by atoms with Gasteiger partial charge in [0.05, 0.1) is 5.41 Å². The van der Waals surface area contributed by atoms with Gasteiger partial charge in [0, 0.05) is 38.8 Å². The van der Waals surface area contributed by atoms with Gasteiger partial charge in [-0.15, -0.1) is 0 Å². The molecule has 1 aliphatic heterocycles. The molecule has 1 fully saturated rings. The molecule has 1 atom stereocenters.